The van der Waals surface area contributed by atoms with Crippen LogP contribution in [0.15, 0.2) is 67.3 Å². The van der Waals surface area contributed by atoms with Crippen molar-refractivity contribution in [2.24, 2.45) is 0 Å². The zero-order chi connectivity index (χ0) is 19.7. The van der Waals surface area contributed by atoms with Gasteiger partial charge in [0.2, 0.25) is 0 Å². The number of imidazole rings is 1. The summed E-state index contributed by atoms with van der Waals surface area (Å²) >= 11 is 0. The molecule has 144 valence electrons. The number of alkyl halides is 3. The van der Waals surface area contributed by atoms with Gasteiger partial charge in [-0.2, -0.15) is 13.2 Å². The van der Waals surface area contributed by atoms with E-state index in [1.807, 2.05) is 4.57 Å². The van der Waals surface area contributed by atoms with Crippen LogP contribution in [0.2, 0.25) is 0 Å². The van der Waals surface area contributed by atoms with Gasteiger partial charge in [-0.15, -0.1) is 0 Å². The van der Waals surface area contributed by atoms with Crippen molar-refractivity contribution >= 4 is 5.91 Å². The number of benzene rings is 2. The first kappa shape index (κ1) is 18.3. The summed E-state index contributed by atoms with van der Waals surface area (Å²) in [5.74, 6) is -0.253. The molecule has 0 unspecified atom stereocenters. The van der Waals surface area contributed by atoms with Crippen LogP contribution < -0.4 is 0 Å². The van der Waals surface area contributed by atoms with Crippen LogP contribution in [0.1, 0.15) is 34.3 Å². The van der Waals surface area contributed by atoms with E-state index in [0.717, 1.165) is 24.6 Å². The molecule has 3 aromatic rings. The van der Waals surface area contributed by atoms with Crippen molar-refractivity contribution in [2.75, 3.05) is 0 Å². The predicted molar refractivity (Wildman–Crippen MR) is 97.9 cm³/mol. The van der Waals surface area contributed by atoms with Crippen LogP contribution in [0, 0.1) is 0 Å². The number of halogens is 3. The van der Waals surface area contributed by atoms with Crippen molar-refractivity contribution in [3.8, 4) is 5.69 Å². The van der Waals surface area contributed by atoms with Gasteiger partial charge in [-0.1, -0.05) is 18.2 Å². The summed E-state index contributed by atoms with van der Waals surface area (Å²) in [6.07, 6.45) is 2.29. The van der Waals surface area contributed by atoms with Crippen molar-refractivity contribution in [3.05, 3.63) is 83.9 Å². The Morgan fingerprint density at radius 3 is 2.43 bits per heavy atom. The molecule has 2 aromatic carbocycles. The van der Waals surface area contributed by atoms with Crippen LogP contribution in [0.5, 0.6) is 0 Å². The van der Waals surface area contributed by atoms with Crippen molar-refractivity contribution in [1.29, 1.82) is 0 Å². The molecule has 1 aliphatic carbocycles. The van der Waals surface area contributed by atoms with Gasteiger partial charge in [-0.05, 0) is 48.7 Å². The van der Waals surface area contributed by atoms with E-state index < -0.39 is 11.7 Å². The van der Waals surface area contributed by atoms with Gasteiger partial charge in [-0.25, -0.2) is 4.98 Å². The molecule has 0 N–H and O–H groups in total. The van der Waals surface area contributed by atoms with Crippen molar-refractivity contribution < 1.29 is 18.0 Å². The normalized spacial score (nSPS) is 14.1. The predicted octanol–water partition coefficient (Wildman–Crippen LogP) is 4.70. The molecular formula is C21H18F3N3O. The number of hydrogen-bond acceptors (Lipinski definition) is 2. The average Bonchev–Trinajstić information content (AvgIpc) is 3.38. The molecule has 0 bridgehead atoms. The topological polar surface area (TPSA) is 38.1 Å². The number of aromatic nitrogens is 2. The lowest BCUT2D eigenvalue weighted by Crippen LogP contribution is -2.33. The molecule has 0 saturated heterocycles. The highest BCUT2D eigenvalue weighted by Gasteiger charge is 2.37. The first-order valence-corrected chi connectivity index (χ1v) is 8.98. The fourth-order valence-corrected chi connectivity index (χ4v) is 3.22. The first-order valence-electron chi connectivity index (χ1n) is 8.98. The van der Waals surface area contributed by atoms with Gasteiger partial charge in [0, 0.05) is 36.2 Å². The largest absolute Gasteiger partial charge is 0.416 e. The van der Waals surface area contributed by atoms with E-state index in [1.165, 1.54) is 12.1 Å². The Bertz CT molecular complexity index is 961. The zero-order valence-corrected chi connectivity index (χ0v) is 14.9. The van der Waals surface area contributed by atoms with Gasteiger partial charge in [0.15, 0.2) is 0 Å². The highest BCUT2D eigenvalue weighted by atomic mass is 19.4. The molecule has 0 aliphatic heterocycles. The second-order valence-electron chi connectivity index (χ2n) is 6.84. The standard InChI is InChI=1S/C21H18F3N3O/c22-21(23,24)19-4-2-1-3-16(19)13-27(18-9-10-18)20(28)15-5-7-17(8-6-15)26-12-11-25-14-26/h1-8,11-12,14,18H,9-10,13H2. The molecule has 1 fully saturated rings. The number of hydrogen-bond donors (Lipinski definition) is 0. The van der Waals surface area contributed by atoms with E-state index in [4.69, 9.17) is 0 Å². The Hall–Kier alpha value is -3.09. The van der Waals surface area contributed by atoms with Gasteiger partial charge < -0.3 is 9.47 Å². The number of amides is 1. The van der Waals surface area contributed by atoms with Crippen LogP contribution in [0.25, 0.3) is 5.69 Å². The maximum atomic E-state index is 13.3. The van der Waals surface area contributed by atoms with E-state index in [1.54, 1.807) is 54.0 Å². The van der Waals surface area contributed by atoms with Crippen LogP contribution >= 0.6 is 0 Å². The molecule has 4 rings (SSSR count). The second-order valence-corrected chi connectivity index (χ2v) is 6.84. The second kappa shape index (κ2) is 7.14. The SMILES string of the molecule is O=C(c1ccc(-n2ccnc2)cc1)N(Cc1ccccc1C(F)(F)F)C1CC1. The molecule has 0 atom stereocenters. The minimum Gasteiger partial charge on any atom is -0.331 e. The Balaban J connectivity index is 1.58. The number of carbonyl (C=O) groups excluding carboxylic acids is 1. The third-order valence-corrected chi connectivity index (χ3v) is 4.83. The summed E-state index contributed by atoms with van der Waals surface area (Å²) in [4.78, 5) is 18.6. The number of carbonyl (C=O) groups is 1. The highest BCUT2D eigenvalue weighted by Crippen LogP contribution is 2.35. The molecule has 1 saturated carbocycles. The monoisotopic (exact) mass is 385 g/mol. The van der Waals surface area contributed by atoms with Crippen LogP contribution in [-0.4, -0.2) is 26.4 Å². The summed E-state index contributed by atoms with van der Waals surface area (Å²) in [6, 6.07) is 12.4. The third kappa shape index (κ3) is 3.78. The van der Waals surface area contributed by atoms with Gasteiger partial charge in [-0.3, -0.25) is 4.79 Å². The Morgan fingerprint density at radius 1 is 1.11 bits per heavy atom. The quantitative estimate of drug-likeness (QED) is 0.639. The molecule has 1 aliphatic rings. The number of nitrogens with zero attached hydrogens (tertiary/aromatic N) is 3. The Kier molecular flexibility index (Phi) is 4.66. The van der Waals surface area contributed by atoms with Gasteiger partial charge in [0.25, 0.3) is 5.91 Å². The minimum absolute atomic E-state index is 0.0119. The van der Waals surface area contributed by atoms with Crippen LogP contribution in [0.3, 0.4) is 0 Å². The third-order valence-electron chi connectivity index (χ3n) is 4.83. The molecule has 0 spiro atoms. The maximum absolute atomic E-state index is 13.3. The highest BCUT2D eigenvalue weighted by molar-refractivity contribution is 5.94. The van der Waals surface area contributed by atoms with Crippen molar-refractivity contribution in [3.63, 3.8) is 0 Å². The van der Waals surface area contributed by atoms with Gasteiger partial charge >= 0.3 is 6.18 Å². The smallest absolute Gasteiger partial charge is 0.331 e. The van der Waals surface area contributed by atoms with Crippen LogP contribution in [0.4, 0.5) is 13.2 Å². The summed E-state index contributed by atoms with van der Waals surface area (Å²) in [7, 11) is 0. The molecule has 28 heavy (non-hydrogen) atoms. The lowest BCUT2D eigenvalue weighted by Gasteiger charge is -2.24. The molecule has 7 heteroatoms. The zero-order valence-electron chi connectivity index (χ0n) is 14.9. The molecule has 1 amide bonds. The minimum atomic E-state index is -4.44. The maximum Gasteiger partial charge on any atom is 0.416 e. The van der Waals surface area contributed by atoms with E-state index in [0.29, 0.717) is 5.56 Å². The molecular weight excluding hydrogens is 367 g/mol. The lowest BCUT2D eigenvalue weighted by atomic mass is 10.1. The summed E-state index contributed by atoms with van der Waals surface area (Å²) in [5, 5.41) is 0. The molecule has 0 radical (unpaired) electrons. The van der Waals surface area contributed by atoms with Crippen molar-refractivity contribution in [1.82, 2.24) is 14.5 Å². The average molecular weight is 385 g/mol. The van der Waals surface area contributed by atoms with Crippen molar-refractivity contribution in [2.45, 2.75) is 31.6 Å². The fraction of sp³-hybridized carbons (Fsp3) is 0.238. The summed E-state index contributed by atoms with van der Waals surface area (Å²) < 4.78 is 41.7. The van der Waals surface area contributed by atoms with E-state index in [9.17, 15) is 18.0 Å². The van der Waals surface area contributed by atoms with E-state index in [2.05, 4.69) is 4.98 Å². The molecule has 1 aromatic heterocycles. The fourth-order valence-electron chi connectivity index (χ4n) is 3.22. The van der Waals surface area contributed by atoms with E-state index in [-0.39, 0.29) is 24.1 Å². The Morgan fingerprint density at radius 2 is 1.82 bits per heavy atom. The number of rotatable bonds is 5. The van der Waals surface area contributed by atoms with E-state index >= 15 is 0 Å². The summed E-state index contributed by atoms with van der Waals surface area (Å²) in [6.45, 7) is -0.0531. The molecule has 4 nitrogen and oxygen atoms in total. The van der Waals surface area contributed by atoms with Gasteiger partial charge in [0.05, 0.1) is 11.9 Å². The lowest BCUT2D eigenvalue weighted by molar-refractivity contribution is -0.138. The molecule has 1 heterocycles. The van der Waals surface area contributed by atoms with Gasteiger partial charge in [0.1, 0.15) is 0 Å². The first-order chi connectivity index (χ1) is 13.4. The summed E-state index contributed by atoms with van der Waals surface area (Å²) in [5.41, 5.74) is 0.740. The Labute approximate surface area is 160 Å². The van der Waals surface area contributed by atoms with Crippen LogP contribution in [-0.2, 0) is 12.7 Å².